The highest BCUT2D eigenvalue weighted by molar-refractivity contribution is 5.71. The summed E-state index contributed by atoms with van der Waals surface area (Å²) in [6, 6.07) is 0. The summed E-state index contributed by atoms with van der Waals surface area (Å²) in [5.74, 6) is -0.925. The van der Waals surface area contributed by atoms with Crippen LogP contribution in [-0.4, -0.2) is 37.2 Å². The highest BCUT2D eigenvalue weighted by atomic mass is 16.6. The molecule has 0 fully saturated rings. The fourth-order valence-corrected chi connectivity index (χ4v) is 8.09. The second kappa shape index (κ2) is 55.7. The molecule has 0 N–H and O–H groups in total. The second-order valence-electron chi connectivity index (χ2n) is 19.2. The summed E-state index contributed by atoms with van der Waals surface area (Å²) in [5, 5.41) is 0. The van der Waals surface area contributed by atoms with E-state index in [-0.39, 0.29) is 31.1 Å². The molecule has 0 unspecified atom stereocenters. The lowest BCUT2D eigenvalue weighted by Crippen LogP contribution is -2.30. The van der Waals surface area contributed by atoms with E-state index >= 15 is 0 Å². The van der Waals surface area contributed by atoms with Crippen molar-refractivity contribution in [1.29, 1.82) is 0 Å². The Bertz CT molecular complexity index is 1210. The summed E-state index contributed by atoms with van der Waals surface area (Å²) in [7, 11) is 0. The maximum absolute atomic E-state index is 12.8. The van der Waals surface area contributed by atoms with E-state index in [1.807, 2.05) is 0 Å². The standard InChI is InChI=1S/C61H108O6/c1-4-7-10-13-16-19-22-25-28-29-30-31-34-36-39-42-45-48-51-54-60(63)66-57-58(67-61(64)55-52-49-46-43-40-37-33-27-24-21-18-15-12-9-6-3)56-65-59(62)53-50-47-44-41-38-35-32-26-23-20-17-14-11-8-5-2/h17,20-21,24-26,28,32,38,41,58H,4-16,18-19,22-23,27,29-31,33-37,39-40,42-57H2,1-3H3/b20-17-,24-21-,28-25-,32-26-,41-38-/t58-/m1/s1. The third-order valence-corrected chi connectivity index (χ3v) is 12.5. The second-order valence-corrected chi connectivity index (χ2v) is 19.2. The van der Waals surface area contributed by atoms with E-state index < -0.39 is 6.10 Å². The smallest absolute Gasteiger partial charge is 0.306 e. The Hall–Kier alpha value is -2.89. The summed E-state index contributed by atoms with van der Waals surface area (Å²) in [6.07, 6.45) is 69.2. The topological polar surface area (TPSA) is 78.9 Å². The molecule has 0 bridgehead atoms. The third-order valence-electron chi connectivity index (χ3n) is 12.5. The van der Waals surface area contributed by atoms with Crippen molar-refractivity contribution in [2.45, 2.75) is 297 Å². The van der Waals surface area contributed by atoms with Crippen LogP contribution in [0.25, 0.3) is 0 Å². The highest BCUT2D eigenvalue weighted by Gasteiger charge is 2.19. The first-order valence-electron chi connectivity index (χ1n) is 28.8. The van der Waals surface area contributed by atoms with E-state index in [0.29, 0.717) is 19.3 Å². The number of carbonyl (C=O) groups excluding carboxylic acids is 3. The predicted octanol–water partition coefficient (Wildman–Crippen LogP) is 19.2. The molecular formula is C61H108O6. The first-order chi connectivity index (χ1) is 33.0. The van der Waals surface area contributed by atoms with Gasteiger partial charge < -0.3 is 14.2 Å². The molecule has 0 aliphatic carbocycles. The number of allylic oxidation sites excluding steroid dienone is 10. The Balaban J connectivity index is 4.40. The van der Waals surface area contributed by atoms with E-state index in [1.165, 1.54) is 180 Å². The number of esters is 3. The van der Waals surface area contributed by atoms with Crippen molar-refractivity contribution in [2.24, 2.45) is 0 Å². The number of carbonyl (C=O) groups is 3. The van der Waals surface area contributed by atoms with Gasteiger partial charge in [-0.3, -0.25) is 14.4 Å². The highest BCUT2D eigenvalue weighted by Crippen LogP contribution is 2.15. The first kappa shape index (κ1) is 64.1. The molecule has 0 rings (SSSR count). The van der Waals surface area contributed by atoms with Crippen molar-refractivity contribution in [3.05, 3.63) is 60.8 Å². The molecule has 0 saturated carbocycles. The molecule has 0 amide bonds. The van der Waals surface area contributed by atoms with Crippen molar-refractivity contribution in [2.75, 3.05) is 13.2 Å². The molecule has 67 heavy (non-hydrogen) atoms. The van der Waals surface area contributed by atoms with Crippen LogP contribution in [0.3, 0.4) is 0 Å². The lowest BCUT2D eigenvalue weighted by molar-refractivity contribution is -0.167. The molecule has 0 aromatic rings. The maximum Gasteiger partial charge on any atom is 0.306 e. The Morgan fingerprint density at radius 2 is 0.537 bits per heavy atom. The van der Waals surface area contributed by atoms with Gasteiger partial charge in [0.2, 0.25) is 0 Å². The molecule has 6 nitrogen and oxygen atoms in total. The zero-order valence-corrected chi connectivity index (χ0v) is 44.4. The summed E-state index contributed by atoms with van der Waals surface area (Å²) >= 11 is 0. The lowest BCUT2D eigenvalue weighted by Gasteiger charge is -2.18. The molecule has 0 radical (unpaired) electrons. The van der Waals surface area contributed by atoms with Gasteiger partial charge in [0.1, 0.15) is 13.2 Å². The molecule has 0 saturated heterocycles. The van der Waals surface area contributed by atoms with Gasteiger partial charge in [-0.2, -0.15) is 0 Å². The number of hydrogen-bond acceptors (Lipinski definition) is 6. The van der Waals surface area contributed by atoms with Crippen LogP contribution in [0.2, 0.25) is 0 Å². The van der Waals surface area contributed by atoms with Gasteiger partial charge in [-0.1, -0.05) is 223 Å². The summed E-state index contributed by atoms with van der Waals surface area (Å²) in [5.41, 5.74) is 0. The minimum Gasteiger partial charge on any atom is -0.462 e. The Morgan fingerprint density at radius 3 is 0.925 bits per heavy atom. The summed E-state index contributed by atoms with van der Waals surface area (Å²) in [6.45, 7) is 6.58. The Morgan fingerprint density at radius 1 is 0.299 bits per heavy atom. The Labute approximate surface area is 415 Å². The molecule has 0 aliphatic heterocycles. The molecule has 0 heterocycles. The number of ether oxygens (including phenoxy) is 3. The van der Waals surface area contributed by atoms with Crippen molar-refractivity contribution in [3.8, 4) is 0 Å². The lowest BCUT2D eigenvalue weighted by atomic mass is 10.1. The fraction of sp³-hybridized carbons (Fsp3) is 0.787. The van der Waals surface area contributed by atoms with Crippen LogP contribution in [0.5, 0.6) is 0 Å². The van der Waals surface area contributed by atoms with Gasteiger partial charge in [0.25, 0.3) is 0 Å². The molecular weight excluding hydrogens is 829 g/mol. The number of hydrogen-bond donors (Lipinski definition) is 0. The van der Waals surface area contributed by atoms with E-state index in [4.69, 9.17) is 14.2 Å². The van der Waals surface area contributed by atoms with Gasteiger partial charge in [0.05, 0.1) is 0 Å². The van der Waals surface area contributed by atoms with Crippen molar-refractivity contribution in [1.82, 2.24) is 0 Å². The van der Waals surface area contributed by atoms with Crippen LogP contribution in [0.4, 0.5) is 0 Å². The SMILES string of the molecule is CCCCC/C=C\C/C=C\C/C=C\CCCCC(=O)OC[C@H](COC(=O)CCCCCCCCCCC/C=C\CCCCCCCC)OC(=O)CCCCCCCCC/C=C\CCCCCC. The van der Waals surface area contributed by atoms with Crippen LogP contribution in [0.15, 0.2) is 60.8 Å². The van der Waals surface area contributed by atoms with Crippen molar-refractivity contribution in [3.63, 3.8) is 0 Å². The predicted molar refractivity (Wildman–Crippen MR) is 288 cm³/mol. The monoisotopic (exact) mass is 937 g/mol. The zero-order chi connectivity index (χ0) is 48.6. The molecule has 6 heteroatoms. The van der Waals surface area contributed by atoms with Crippen molar-refractivity contribution >= 4 is 17.9 Å². The maximum atomic E-state index is 12.8. The molecule has 388 valence electrons. The minimum atomic E-state index is -0.792. The average Bonchev–Trinajstić information content (AvgIpc) is 3.33. The average molecular weight is 938 g/mol. The zero-order valence-electron chi connectivity index (χ0n) is 44.4. The van der Waals surface area contributed by atoms with Gasteiger partial charge in [0.15, 0.2) is 6.10 Å². The van der Waals surface area contributed by atoms with Crippen LogP contribution >= 0.6 is 0 Å². The number of unbranched alkanes of at least 4 members (excludes halogenated alkanes) is 31. The molecule has 0 aliphatic rings. The van der Waals surface area contributed by atoms with Gasteiger partial charge in [-0.15, -0.1) is 0 Å². The van der Waals surface area contributed by atoms with Crippen LogP contribution in [0.1, 0.15) is 290 Å². The van der Waals surface area contributed by atoms with Gasteiger partial charge in [0, 0.05) is 19.3 Å². The van der Waals surface area contributed by atoms with Gasteiger partial charge >= 0.3 is 17.9 Å². The van der Waals surface area contributed by atoms with Gasteiger partial charge in [-0.25, -0.2) is 0 Å². The van der Waals surface area contributed by atoms with Crippen molar-refractivity contribution < 1.29 is 28.6 Å². The fourth-order valence-electron chi connectivity index (χ4n) is 8.09. The van der Waals surface area contributed by atoms with E-state index in [0.717, 1.165) is 70.6 Å². The normalized spacial score (nSPS) is 12.5. The van der Waals surface area contributed by atoms with Crippen LogP contribution in [0, 0.1) is 0 Å². The quantitative estimate of drug-likeness (QED) is 0.0262. The molecule has 1 atom stereocenters. The third kappa shape index (κ3) is 53.9. The van der Waals surface area contributed by atoms with Crippen LogP contribution in [-0.2, 0) is 28.6 Å². The minimum absolute atomic E-state index is 0.0880. The Kier molecular flexibility index (Phi) is 53.3. The van der Waals surface area contributed by atoms with Gasteiger partial charge in [-0.05, 0) is 109 Å². The largest absolute Gasteiger partial charge is 0.462 e. The first-order valence-corrected chi connectivity index (χ1v) is 28.8. The summed E-state index contributed by atoms with van der Waals surface area (Å²) < 4.78 is 16.8. The summed E-state index contributed by atoms with van der Waals surface area (Å²) in [4.78, 5) is 38.1. The number of rotatable bonds is 52. The van der Waals surface area contributed by atoms with E-state index in [1.54, 1.807) is 0 Å². The molecule has 0 aromatic carbocycles. The van der Waals surface area contributed by atoms with Crippen LogP contribution < -0.4 is 0 Å². The molecule has 0 aromatic heterocycles. The van der Waals surface area contributed by atoms with E-state index in [2.05, 4.69) is 81.5 Å². The molecule has 0 spiro atoms. The van der Waals surface area contributed by atoms with E-state index in [9.17, 15) is 14.4 Å².